The molecule has 0 aliphatic heterocycles. The van der Waals surface area contributed by atoms with E-state index in [4.69, 9.17) is 5.73 Å². The Kier molecular flexibility index (Phi) is 4.95. The third kappa shape index (κ3) is 3.46. The number of nitrogens with zero attached hydrogens (tertiary/aromatic N) is 1. The Morgan fingerprint density at radius 3 is 3.12 bits per heavy atom. The summed E-state index contributed by atoms with van der Waals surface area (Å²) in [5, 5.41) is 4.19. The number of nitrogen functional groups attached to an aromatic ring is 1. The van der Waals surface area contributed by atoms with Gasteiger partial charge in [-0.25, -0.2) is 4.98 Å². The summed E-state index contributed by atoms with van der Waals surface area (Å²) in [6, 6.07) is 9.93. The maximum absolute atomic E-state index is 12.5. The summed E-state index contributed by atoms with van der Waals surface area (Å²) in [6.07, 6.45) is 7.03. The molecule has 1 aliphatic rings. The van der Waals surface area contributed by atoms with Gasteiger partial charge in [0.25, 0.3) is 0 Å². The van der Waals surface area contributed by atoms with Crippen LogP contribution in [0.15, 0.2) is 42.7 Å². The molecule has 0 saturated heterocycles. The van der Waals surface area contributed by atoms with Gasteiger partial charge >= 0.3 is 0 Å². The number of carbonyl (C=O) groups is 1. The van der Waals surface area contributed by atoms with Crippen LogP contribution in [0.3, 0.4) is 0 Å². The zero-order valence-corrected chi connectivity index (χ0v) is 14.6. The molecular formula is C19H21ClN4O. The zero-order valence-electron chi connectivity index (χ0n) is 13.8. The predicted molar refractivity (Wildman–Crippen MR) is 102 cm³/mol. The SMILES string of the molecule is Cl.Nc1ccc2c(c1)CCCC2NC(=O)Cc1c[nH]c2ncccc12. The molecule has 130 valence electrons. The maximum atomic E-state index is 12.5. The molecule has 0 fully saturated rings. The molecule has 3 aromatic rings. The minimum atomic E-state index is 0. The number of rotatable bonds is 3. The van der Waals surface area contributed by atoms with E-state index in [1.54, 1.807) is 6.20 Å². The number of benzene rings is 1. The molecule has 5 nitrogen and oxygen atoms in total. The lowest BCUT2D eigenvalue weighted by molar-refractivity contribution is -0.121. The van der Waals surface area contributed by atoms with E-state index >= 15 is 0 Å². The van der Waals surface area contributed by atoms with Gasteiger partial charge in [-0.1, -0.05) is 6.07 Å². The van der Waals surface area contributed by atoms with E-state index in [9.17, 15) is 4.79 Å². The molecule has 25 heavy (non-hydrogen) atoms. The Labute approximate surface area is 152 Å². The molecular weight excluding hydrogens is 336 g/mol. The Morgan fingerprint density at radius 1 is 1.36 bits per heavy atom. The van der Waals surface area contributed by atoms with Gasteiger partial charge in [0.05, 0.1) is 12.5 Å². The van der Waals surface area contributed by atoms with Crippen LogP contribution in [0, 0.1) is 0 Å². The molecule has 4 N–H and O–H groups in total. The quantitative estimate of drug-likeness (QED) is 0.629. The number of aromatic nitrogens is 2. The van der Waals surface area contributed by atoms with E-state index in [1.807, 2.05) is 36.5 Å². The maximum Gasteiger partial charge on any atom is 0.224 e. The Morgan fingerprint density at radius 2 is 2.24 bits per heavy atom. The molecule has 1 aliphatic carbocycles. The van der Waals surface area contributed by atoms with E-state index < -0.39 is 0 Å². The second-order valence-electron chi connectivity index (χ2n) is 6.36. The first-order valence-electron chi connectivity index (χ1n) is 8.29. The molecule has 1 atom stereocenters. The smallest absolute Gasteiger partial charge is 0.224 e. The first kappa shape index (κ1) is 17.3. The summed E-state index contributed by atoms with van der Waals surface area (Å²) < 4.78 is 0. The van der Waals surface area contributed by atoms with Crippen molar-refractivity contribution in [1.82, 2.24) is 15.3 Å². The number of anilines is 1. The topological polar surface area (TPSA) is 83.8 Å². The summed E-state index contributed by atoms with van der Waals surface area (Å²) in [4.78, 5) is 19.9. The predicted octanol–water partition coefficient (Wildman–Crippen LogP) is 3.30. The molecule has 2 aromatic heterocycles. The third-order valence-corrected chi connectivity index (χ3v) is 4.70. The molecule has 0 saturated carbocycles. The lowest BCUT2D eigenvalue weighted by atomic mass is 9.87. The number of nitrogens with one attached hydrogen (secondary N) is 2. The number of carbonyl (C=O) groups excluding carboxylic acids is 1. The highest BCUT2D eigenvalue weighted by molar-refractivity contribution is 5.87. The van der Waals surface area contributed by atoms with Crippen molar-refractivity contribution in [3.05, 3.63) is 59.4 Å². The lowest BCUT2D eigenvalue weighted by Gasteiger charge is -2.26. The van der Waals surface area contributed by atoms with Crippen molar-refractivity contribution < 1.29 is 4.79 Å². The molecule has 1 aromatic carbocycles. The van der Waals surface area contributed by atoms with Crippen molar-refractivity contribution >= 4 is 35.0 Å². The number of hydrogen-bond acceptors (Lipinski definition) is 3. The number of H-pyrrole nitrogens is 1. The molecule has 1 amide bonds. The van der Waals surface area contributed by atoms with Crippen molar-refractivity contribution in [3.63, 3.8) is 0 Å². The number of fused-ring (bicyclic) bond motifs is 2. The number of amides is 1. The van der Waals surface area contributed by atoms with Crippen molar-refractivity contribution in [3.8, 4) is 0 Å². The fourth-order valence-corrected chi connectivity index (χ4v) is 3.56. The number of halogens is 1. The highest BCUT2D eigenvalue weighted by Crippen LogP contribution is 2.31. The summed E-state index contributed by atoms with van der Waals surface area (Å²) in [5.41, 5.74) is 10.9. The van der Waals surface area contributed by atoms with Crippen molar-refractivity contribution in [2.75, 3.05) is 5.73 Å². The van der Waals surface area contributed by atoms with Gasteiger partial charge in [-0.2, -0.15) is 0 Å². The van der Waals surface area contributed by atoms with Gasteiger partial charge in [-0.15, -0.1) is 12.4 Å². The van der Waals surface area contributed by atoms with Crippen LogP contribution in [-0.2, 0) is 17.6 Å². The molecule has 2 heterocycles. The zero-order chi connectivity index (χ0) is 16.5. The van der Waals surface area contributed by atoms with E-state index in [-0.39, 0.29) is 24.4 Å². The number of aromatic amines is 1. The van der Waals surface area contributed by atoms with Crippen LogP contribution in [0.25, 0.3) is 11.0 Å². The number of hydrogen-bond donors (Lipinski definition) is 3. The van der Waals surface area contributed by atoms with Crippen LogP contribution in [-0.4, -0.2) is 15.9 Å². The first-order chi connectivity index (χ1) is 11.7. The molecule has 6 heteroatoms. The highest BCUT2D eigenvalue weighted by Gasteiger charge is 2.22. The van der Waals surface area contributed by atoms with Gasteiger partial charge in [0, 0.05) is 23.5 Å². The lowest BCUT2D eigenvalue weighted by Crippen LogP contribution is -2.32. The first-order valence-corrected chi connectivity index (χ1v) is 8.29. The highest BCUT2D eigenvalue weighted by atomic mass is 35.5. The molecule has 0 radical (unpaired) electrons. The molecule has 1 unspecified atom stereocenters. The summed E-state index contributed by atoms with van der Waals surface area (Å²) >= 11 is 0. The Hall–Kier alpha value is -2.53. The van der Waals surface area contributed by atoms with Gasteiger partial charge < -0.3 is 16.0 Å². The van der Waals surface area contributed by atoms with Gasteiger partial charge in [0.2, 0.25) is 5.91 Å². The van der Waals surface area contributed by atoms with E-state index in [0.29, 0.717) is 6.42 Å². The third-order valence-electron chi connectivity index (χ3n) is 4.70. The number of pyridine rings is 1. The van der Waals surface area contributed by atoms with Gasteiger partial charge in [-0.3, -0.25) is 4.79 Å². The van der Waals surface area contributed by atoms with Gasteiger partial charge in [0.1, 0.15) is 5.65 Å². The van der Waals surface area contributed by atoms with Crippen molar-refractivity contribution in [2.45, 2.75) is 31.7 Å². The van der Waals surface area contributed by atoms with Gasteiger partial charge in [-0.05, 0) is 60.2 Å². The molecule has 4 rings (SSSR count). The van der Waals surface area contributed by atoms with Crippen LogP contribution in [0.5, 0.6) is 0 Å². The monoisotopic (exact) mass is 356 g/mol. The molecule has 0 bridgehead atoms. The van der Waals surface area contributed by atoms with Gasteiger partial charge in [0.15, 0.2) is 0 Å². The average molecular weight is 357 g/mol. The summed E-state index contributed by atoms with van der Waals surface area (Å²) in [6.45, 7) is 0. The minimum absolute atomic E-state index is 0. The van der Waals surface area contributed by atoms with Crippen LogP contribution >= 0.6 is 12.4 Å². The minimum Gasteiger partial charge on any atom is -0.399 e. The van der Waals surface area contributed by atoms with E-state index in [1.165, 1.54) is 11.1 Å². The average Bonchev–Trinajstić information content (AvgIpc) is 2.98. The summed E-state index contributed by atoms with van der Waals surface area (Å²) in [5.74, 6) is 0.0365. The van der Waals surface area contributed by atoms with Crippen LogP contribution in [0.4, 0.5) is 5.69 Å². The van der Waals surface area contributed by atoms with Crippen LogP contribution in [0.1, 0.15) is 35.6 Å². The largest absolute Gasteiger partial charge is 0.399 e. The van der Waals surface area contributed by atoms with Crippen LogP contribution in [0.2, 0.25) is 0 Å². The normalized spacial score (nSPS) is 16.1. The van der Waals surface area contributed by atoms with E-state index in [2.05, 4.69) is 15.3 Å². The molecule has 0 spiro atoms. The van der Waals surface area contributed by atoms with E-state index in [0.717, 1.165) is 41.5 Å². The Bertz CT molecular complexity index is 905. The van der Waals surface area contributed by atoms with Crippen LogP contribution < -0.4 is 11.1 Å². The van der Waals surface area contributed by atoms with Crippen molar-refractivity contribution in [2.24, 2.45) is 0 Å². The standard InChI is InChI=1S/C19H20N4O.ClH/c20-14-6-7-15-12(9-14)3-1-5-17(15)23-18(24)10-13-11-22-19-16(13)4-2-8-21-19;/h2,4,6-9,11,17H,1,3,5,10,20H2,(H,21,22)(H,23,24);1H. The summed E-state index contributed by atoms with van der Waals surface area (Å²) in [7, 11) is 0. The fraction of sp³-hybridized carbons (Fsp3) is 0.263. The number of nitrogens with two attached hydrogens (primary N) is 1. The Balaban J connectivity index is 0.00000182. The fourth-order valence-electron chi connectivity index (χ4n) is 3.56. The second-order valence-corrected chi connectivity index (χ2v) is 6.36. The van der Waals surface area contributed by atoms with Crippen molar-refractivity contribution in [1.29, 1.82) is 0 Å². The number of aryl methyl sites for hydroxylation is 1. The second kappa shape index (κ2) is 7.15.